The predicted molar refractivity (Wildman–Crippen MR) is 88.2 cm³/mol. The molecule has 2 aromatic carbocycles. The monoisotopic (exact) mass is 316 g/mol. The number of carbonyl (C=O) groups excluding carboxylic acids is 2. The van der Waals surface area contributed by atoms with Gasteiger partial charge in [-0.25, -0.2) is 0 Å². The molecule has 2 aromatic rings. The number of halogens is 1. The quantitative estimate of drug-likeness (QED) is 0.940. The van der Waals surface area contributed by atoms with Crippen LogP contribution in [0.5, 0.6) is 0 Å². The summed E-state index contributed by atoms with van der Waals surface area (Å²) in [7, 11) is 1.57. The van der Waals surface area contributed by atoms with Gasteiger partial charge in [0.15, 0.2) is 0 Å². The maximum atomic E-state index is 12.3. The SMILES string of the molecule is Cc1ccc(NC(=O)CN(C)C(=O)c2ccccc2Cl)cc1. The molecule has 0 aliphatic carbocycles. The van der Waals surface area contributed by atoms with E-state index in [2.05, 4.69) is 5.32 Å². The van der Waals surface area contributed by atoms with Gasteiger partial charge >= 0.3 is 0 Å². The van der Waals surface area contributed by atoms with Gasteiger partial charge in [-0.1, -0.05) is 41.4 Å². The van der Waals surface area contributed by atoms with Gasteiger partial charge in [0.05, 0.1) is 17.1 Å². The Bertz CT molecular complexity index is 683. The molecular weight excluding hydrogens is 300 g/mol. The molecule has 1 N–H and O–H groups in total. The third-order valence-electron chi connectivity index (χ3n) is 3.17. The first-order valence-corrected chi connectivity index (χ1v) is 7.21. The molecule has 0 radical (unpaired) electrons. The van der Waals surface area contributed by atoms with E-state index < -0.39 is 0 Å². The summed E-state index contributed by atoms with van der Waals surface area (Å²) in [4.78, 5) is 25.6. The van der Waals surface area contributed by atoms with Crippen molar-refractivity contribution in [2.24, 2.45) is 0 Å². The molecule has 0 unspecified atom stereocenters. The summed E-state index contributed by atoms with van der Waals surface area (Å²) in [6.45, 7) is 1.93. The first-order valence-electron chi connectivity index (χ1n) is 6.84. The van der Waals surface area contributed by atoms with Crippen LogP contribution in [0.3, 0.4) is 0 Å². The first kappa shape index (κ1) is 16.0. The Morgan fingerprint density at radius 3 is 2.36 bits per heavy atom. The van der Waals surface area contributed by atoms with Gasteiger partial charge in [0, 0.05) is 12.7 Å². The van der Waals surface area contributed by atoms with Crippen molar-refractivity contribution in [1.29, 1.82) is 0 Å². The molecular formula is C17H17ClN2O2. The van der Waals surface area contributed by atoms with Crippen LogP contribution in [-0.4, -0.2) is 30.3 Å². The van der Waals surface area contributed by atoms with Crippen LogP contribution in [0.1, 0.15) is 15.9 Å². The van der Waals surface area contributed by atoms with E-state index in [1.165, 1.54) is 4.90 Å². The lowest BCUT2D eigenvalue weighted by Crippen LogP contribution is -2.35. The van der Waals surface area contributed by atoms with Crippen LogP contribution in [0.15, 0.2) is 48.5 Å². The van der Waals surface area contributed by atoms with Gasteiger partial charge in [-0.15, -0.1) is 0 Å². The molecule has 0 aliphatic heterocycles. The van der Waals surface area contributed by atoms with Gasteiger partial charge in [-0.05, 0) is 31.2 Å². The highest BCUT2D eigenvalue weighted by Crippen LogP contribution is 2.16. The smallest absolute Gasteiger partial charge is 0.255 e. The van der Waals surface area contributed by atoms with Gasteiger partial charge in [0.25, 0.3) is 5.91 Å². The average molecular weight is 317 g/mol. The molecule has 0 heterocycles. The van der Waals surface area contributed by atoms with Gasteiger partial charge in [-0.2, -0.15) is 0 Å². The van der Waals surface area contributed by atoms with Crippen molar-refractivity contribution >= 4 is 29.1 Å². The van der Waals surface area contributed by atoms with Crippen molar-refractivity contribution in [2.45, 2.75) is 6.92 Å². The fourth-order valence-electron chi connectivity index (χ4n) is 1.96. The zero-order valence-corrected chi connectivity index (χ0v) is 13.2. The number of hydrogen-bond acceptors (Lipinski definition) is 2. The molecule has 0 saturated heterocycles. The highest BCUT2D eigenvalue weighted by Gasteiger charge is 2.17. The van der Waals surface area contributed by atoms with Crippen LogP contribution in [0, 0.1) is 6.92 Å². The highest BCUT2D eigenvalue weighted by atomic mass is 35.5. The Hall–Kier alpha value is -2.33. The summed E-state index contributed by atoms with van der Waals surface area (Å²) < 4.78 is 0. The Morgan fingerprint density at radius 2 is 1.73 bits per heavy atom. The molecule has 2 rings (SSSR count). The molecule has 0 atom stereocenters. The number of benzene rings is 2. The average Bonchev–Trinajstić information content (AvgIpc) is 2.49. The van der Waals surface area contributed by atoms with Gasteiger partial charge < -0.3 is 10.2 Å². The minimum Gasteiger partial charge on any atom is -0.332 e. The normalized spacial score (nSPS) is 10.1. The number of rotatable bonds is 4. The van der Waals surface area contributed by atoms with Crippen molar-refractivity contribution in [3.63, 3.8) is 0 Å². The largest absolute Gasteiger partial charge is 0.332 e. The molecule has 5 heteroatoms. The fourth-order valence-corrected chi connectivity index (χ4v) is 2.18. The molecule has 0 aromatic heterocycles. The van der Waals surface area contributed by atoms with E-state index in [0.29, 0.717) is 16.3 Å². The minimum atomic E-state index is -0.287. The van der Waals surface area contributed by atoms with Crippen molar-refractivity contribution in [3.8, 4) is 0 Å². The second kappa shape index (κ2) is 7.09. The van der Waals surface area contributed by atoms with Crippen LogP contribution >= 0.6 is 11.6 Å². The van der Waals surface area contributed by atoms with Crippen LogP contribution in [0.25, 0.3) is 0 Å². The standard InChI is InChI=1S/C17H17ClN2O2/c1-12-7-9-13(10-8-12)19-16(21)11-20(2)17(22)14-5-3-4-6-15(14)18/h3-10H,11H2,1-2H3,(H,19,21). The Morgan fingerprint density at radius 1 is 1.09 bits per heavy atom. The summed E-state index contributed by atoms with van der Waals surface area (Å²) in [6.07, 6.45) is 0. The van der Waals surface area contributed by atoms with Crippen molar-refractivity contribution < 1.29 is 9.59 Å². The molecule has 114 valence electrons. The van der Waals surface area contributed by atoms with Crippen LogP contribution in [0.2, 0.25) is 5.02 Å². The Labute approximate surface area is 134 Å². The molecule has 0 saturated carbocycles. The summed E-state index contributed by atoms with van der Waals surface area (Å²) in [5.41, 5.74) is 2.20. The molecule has 4 nitrogen and oxygen atoms in total. The summed E-state index contributed by atoms with van der Waals surface area (Å²) in [5, 5.41) is 3.13. The van der Waals surface area contributed by atoms with E-state index in [9.17, 15) is 9.59 Å². The van der Waals surface area contributed by atoms with E-state index in [1.54, 1.807) is 31.3 Å². The predicted octanol–water partition coefficient (Wildman–Crippen LogP) is 3.36. The molecule has 0 fully saturated rings. The van der Waals surface area contributed by atoms with Crippen LogP contribution in [0.4, 0.5) is 5.69 Å². The molecule has 0 aliphatic rings. The summed E-state index contributed by atoms with van der Waals surface area (Å²) >= 11 is 6.00. The van der Waals surface area contributed by atoms with Crippen molar-refractivity contribution in [3.05, 3.63) is 64.7 Å². The molecule has 2 amide bonds. The fraction of sp³-hybridized carbons (Fsp3) is 0.176. The third kappa shape index (κ3) is 4.09. The lowest BCUT2D eigenvalue weighted by molar-refractivity contribution is -0.116. The van der Waals surface area contributed by atoms with Gasteiger partial charge in [0.2, 0.25) is 5.91 Å². The second-order valence-electron chi connectivity index (χ2n) is 5.06. The Balaban J connectivity index is 1.97. The number of carbonyl (C=O) groups is 2. The van der Waals surface area contributed by atoms with Gasteiger partial charge in [-0.3, -0.25) is 9.59 Å². The van der Waals surface area contributed by atoms with E-state index in [1.807, 2.05) is 31.2 Å². The maximum Gasteiger partial charge on any atom is 0.255 e. The zero-order chi connectivity index (χ0) is 16.1. The minimum absolute atomic E-state index is 0.0437. The number of amides is 2. The van der Waals surface area contributed by atoms with E-state index >= 15 is 0 Å². The molecule has 22 heavy (non-hydrogen) atoms. The van der Waals surface area contributed by atoms with Crippen molar-refractivity contribution in [2.75, 3.05) is 18.9 Å². The van der Waals surface area contributed by atoms with Crippen molar-refractivity contribution in [1.82, 2.24) is 4.90 Å². The topological polar surface area (TPSA) is 49.4 Å². The van der Waals surface area contributed by atoms with Gasteiger partial charge in [0.1, 0.15) is 0 Å². The number of hydrogen-bond donors (Lipinski definition) is 1. The molecule has 0 bridgehead atoms. The summed E-state index contributed by atoms with van der Waals surface area (Å²) in [6, 6.07) is 14.2. The zero-order valence-electron chi connectivity index (χ0n) is 12.5. The summed E-state index contributed by atoms with van der Waals surface area (Å²) in [5.74, 6) is -0.545. The highest BCUT2D eigenvalue weighted by molar-refractivity contribution is 6.33. The number of anilines is 1. The second-order valence-corrected chi connectivity index (χ2v) is 5.46. The van der Waals surface area contributed by atoms with E-state index in [0.717, 1.165) is 5.56 Å². The lowest BCUT2D eigenvalue weighted by atomic mass is 10.2. The van der Waals surface area contributed by atoms with E-state index in [4.69, 9.17) is 11.6 Å². The third-order valence-corrected chi connectivity index (χ3v) is 3.50. The maximum absolute atomic E-state index is 12.3. The number of likely N-dealkylation sites (N-methyl/N-ethyl adjacent to an activating group) is 1. The van der Waals surface area contributed by atoms with Crippen LogP contribution in [-0.2, 0) is 4.79 Å². The van der Waals surface area contributed by atoms with Crippen LogP contribution < -0.4 is 5.32 Å². The number of nitrogens with zero attached hydrogens (tertiary/aromatic N) is 1. The Kier molecular flexibility index (Phi) is 5.17. The number of aryl methyl sites for hydroxylation is 1. The molecule has 0 spiro atoms. The first-order chi connectivity index (χ1) is 10.5. The van der Waals surface area contributed by atoms with E-state index in [-0.39, 0.29) is 18.4 Å². The number of nitrogens with one attached hydrogen (secondary N) is 1. The lowest BCUT2D eigenvalue weighted by Gasteiger charge is -2.17.